The predicted octanol–water partition coefficient (Wildman–Crippen LogP) is 2.40. The zero-order chi connectivity index (χ0) is 11.4. The topological polar surface area (TPSA) is 24.1 Å². The van der Waals surface area contributed by atoms with Crippen molar-refractivity contribution in [1.29, 1.82) is 0 Å². The monoisotopic (exact) mass is 218 g/mol. The van der Waals surface area contributed by atoms with Crippen molar-refractivity contribution in [1.82, 2.24) is 10.6 Å². The van der Waals surface area contributed by atoms with Gasteiger partial charge in [-0.2, -0.15) is 0 Å². The van der Waals surface area contributed by atoms with Gasteiger partial charge in [-0.3, -0.25) is 0 Å². The van der Waals surface area contributed by atoms with Crippen LogP contribution < -0.4 is 10.6 Å². The lowest BCUT2D eigenvalue weighted by Crippen LogP contribution is -2.40. The number of benzene rings is 1. The molecule has 16 heavy (non-hydrogen) atoms. The van der Waals surface area contributed by atoms with Gasteiger partial charge in [0.15, 0.2) is 0 Å². The van der Waals surface area contributed by atoms with E-state index in [1.165, 1.54) is 24.0 Å². The van der Waals surface area contributed by atoms with Gasteiger partial charge >= 0.3 is 0 Å². The second-order valence-electron chi connectivity index (χ2n) is 4.83. The van der Waals surface area contributed by atoms with Gasteiger partial charge in [0.05, 0.1) is 0 Å². The highest BCUT2D eigenvalue weighted by molar-refractivity contribution is 5.24. The maximum atomic E-state index is 3.72. The van der Waals surface area contributed by atoms with Gasteiger partial charge in [0, 0.05) is 12.1 Å². The number of rotatable bonds is 3. The van der Waals surface area contributed by atoms with Crippen LogP contribution in [-0.2, 0) is 0 Å². The van der Waals surface area contributed by atoms with Crippen LogP contribution in [0.5, 0.6) is 0 Å². The summed E-state index contributed by atoms with van der Waals surface area (Å²) in [6.07, 6.45) is 2.49. The Morgan fingerprint density at radius 2 is 2.06 bits per heavy atom. The zero-order valence-electron chi connectivity index (χ0n) is 10.3. The van der Waals surface area contributed by atoms with Crippen LogP contribution in [0.2, 0.25) is 0 Å². The summed E-state index contributed by atoms with van der Waals surface area (Å²) >= 11 is 0. The van der Waals surface area contributed by atoms with E-state index in [0.717, 1.165) is 13.1 Å². The predicted molar refractivity (Wildman–Crippen MR) is 68.6 cm³/mol. The SMILES string of the molecule is Cc1cccc([C@H](C)NC2CCNCC2)c1. The van der Waals surface area contributed by atoms with E-state index >= 15 is 0 Å². The molecule has 0 radical (unpaired) electrons. The zero-order valence-corrected chi connectivity index (χ0v) is 10.3. The second-order valence-corrected chi connectivity index (χ2v) is 4.83. The molecule has 0 saturated carbocycles. The van der Waals surface area contributed by atoms with Crippen molar-refractivity contribution >= 4 is 0 Å². The Morgan fingerprint density at radius 1 is 1.31 bits per heavy atom. The molecule has 1 fully saturated rings. The van der Waals surface area contributed by atoms with Crippen molar-refractivity contribution in [2.24, 2.45) is 0 Å². The molecule has 0 unspecified atom stereocenters. The average Bonchev–Trinajstić information content (AvgIpc) is 2.30. The summed E-state index contributed by atoms with van der Waals surface area (Å²) in [6.45, 7) is 6.72. The van der Waals surface area contributed by atoms with E-state index in [2.05, 4.69) is 48.7 Å². The summed E-state index contributed by atoms with van der Waals surface area (Å²) < 4.78 is 0. The molecule has 0 bridgehead atoms. The van der Waals surface area contributed by atoms with Crippen molar-refractivity contribution in [2.75, 3.05) is 13.1 Å². The number of hydrogen-bond acceptors (Lipinski definition) is 2. The van der Waals surface area contributed by atoms with Gasteiger partial charge < -0.3 is 10.6 Å². The van der Waals surface area contributed by atoms with Crippen LogP contribution in [0.3, 0.4) is 0 Å². The lowest BCUT2D eigenvalue weighted by molar-refractivity contribution is 0.359. The van der Waals surface area contributed by atoms with Crippen LogP contribution in [-0.4, -0.2) is 19.1 Å². The highest BCUT2D eigenvalue weighted by atomic mass is 15.0. The Labute approximate surface area is 98.4 Å². The lowest BCUT2D eigenvalue weighted by atomic mass is 10.0. The minimum absolute atomic E-state index is 0.461. The number of hydrogen-bond donors (Lipinski definition) is 2. The first kappa shape index (κ1) is 11.6. The van der Waals surface area contributed by atoms with Crippen molar-refractivity contribution in [3.8, 4) is 0 Å². The summed E-state index contributed by atoms with van der Waals surface area (Å²) in [6, 6.07) is 9.93. The molecule has 0 aromatic heterocycles. The molecule has 2 N–H and O–H groups in total. The summed E-state index contributed by atoms with van der Waals surface area (Å²) in [5.41, 5.74) is 2.75. The van der Waals surface area contributed by atoms with Crippen LogP contribution in [0.4, 0.5) is 0 Å². The van der Waals surface area contributed by atoms with Crippen LogP contribution in [0.15, 0.2) is 24.3 Å². The van der Waals surface area contributed by atoms with E-state index in [1.807, 2.05) is 0 Å². The fraction of sp³-hybridized carbons (Fsp3) is 0.571. The Bertz CT molecular complexity index is 329. The lowest BCUT2D eigenvalue weighted by Gasteiger charge is -2.27. The highest BCUT2D eigenvalue weighted by Crippen LogP contribution is 2.16. The molecule has 2 rings (SSSR count). The average molecular weight is 218 g/mol. The van der Waals surface area contributed by atoms with E-state index in [4.69, 9.17) is 0 Å². The van der Waals surface area contributed by atoms with Gasteiger partial charge in [0.1, 0.15) is 0 Å². The maximum Gasteiger partial charge on any atom is 0.0294 e. The molecule has 0 amide bonds. The summed E-state index contributed by atoms with van der Waals surface area (Å²) in [4.78, 5) is 0. The van der Waals surface area contributed by atoms with Gasteiger partial charge in [0.2, 0.25) is 0 Å². The highest BCUT2D eigenvalue weighted by Gasteiger charge is 2.15. The first-order chi connectivity index (χ1) is 7.75. The van der Waals surface area contributed by atoms with Crippen LogP contribution in [0.25, 0.3) is 0 Å². The number of aryl methyl sites for hydroxylation is 1. The molecule has 1 aliphatic rings. The van der Waals surface area contributed by atoms with Gasteiger partial charge in [-0.1, -0.05) is 29.8 Å². The van der Waals surface area contributed by atoms with Gasteiger partial charge in [-0.05, 0) is 45.3 Å². The third kappa shape index (κ3) is 3.06. The fourth-order valence-electron chi connectivity index (χ4n) is 2.38. The third-order valence-electron chi connectivity index (χ3n) is 3.37. The van der Waals surface area contributed by atoms with Crippen molar-refractivity contribution in [2.45, 2.75) is 38.8 Å². The van der Waals surface area contributed by atoms with E-state index in [0.29, 0.717) is 12.1 Å². The first-order valence-electron chi connectivity index (χ1n) is 6.29. The van der Waals surface area contributed by atoms with Gasteiger partial charge in [-0.15, -0.1) is 0 Å². The summed E-state index contributed by atoms with van der Waals surface area (Å²) in [7, 11) is 0. The number of nitrogens with one attached hydrogen (secondary N) is 2. The molecule has 88 valence electrons. The molecule has 0 aliphatic carbocycles. The smallest absolute Gasteiger partial charge is 0.0294 e. The maximum absolute atomic E-state index is 3.72. The standard InChI is InChI=1S/C14H22N2/c1-11-4-3-5-13(10-11)12(2)16-14-6-8-15-9-7-14/h3-5,10,12,14-16H,6-9H2,1-2H3/t12-/m0/s1. The summed E-state index contributed by atoms with van der Waals surface area (Å²) in [5.74, 6) is 0. The molecule has 1 aliphatic heterocycles. The largest absolute Gasteiger partial charge is 0.317 e. The molecule has 1 heterocycles. The molecule has 1 aromatic rings. The van der Waals surface area contributed by atoms with Crippen molar-refractivity contribution in [3.63, 3.8) is 0 Å². The third-order valence-corrected chi connectivity index (χ3v) is 3.37. The molecular formula is C14H22N2. The molecule has 1 saturated heterocycles. The van der Waals surface area contributed by atoms with Crippen molar-refractivity contribution in [3.05, 3.63) is 35.4 Å². The Kier molecular flexibility index (Phi) is 3.97. The number of piperidine rings is 1. The first-order valence-corrected chi connectivity index (χ1v) is 6.29. The second kappa shape index (κ2) is 5.46. The molecule has 1 atom stereocenters. The molecular weight excluding hydrogens is 196 g/mol. The van der Waals surface area contributed by atoms with Crippen LogP contribution in [0.1, 0.15) is 36.9 Å². The Morgan fingerprint density at radius 3 is 2.75 bits per heavy atom. The van der Waals surface area contributed by atoms with Gasteiger partial charge in [-0.25, -0.2) is 0 Å². The molecule has 0 spiro atoms. The van der Waals surface area contributed by atoms with E-state index < -0.39 is 0 Å². The summed E-state index contributed by atoms with van der Waals surface area (Å²) in [5, 5.41) is 7.12. The van der Waals surface area contributed by atoms with Crippen molar-refractivity contribution < 1.29 is 0 Å². The van der Waals surface area contributed by atoms with E-state index in [-0.39, 0.29) is 0 Å². The Hall–Kier alpha value is -0.860. The minimum Gasteiger partial charge on any atom is -0.317 e. The minimum atomic E-state index is 0.461. The van der Waals surface area contributed by atoms with E-state index in [1.54, 1.807) is 0 Å². The normalized spacial score (nSPS) is 19.6. The quantitative estimate of drug-likeness (QED) is 0.814. The fourth-order valence-corrected chi connectivity index (χ4v) is 2.38. The van der Waals surface area contributed by atoms with Crippen LogP contribution >= 0.6 is 0 Å². The molecule has 2 nitrogen and oxygen atoms in total. The molecule has 1 aromatic carbocycles. The Balaban J connectivity index is 1.94. The van der Waals surface area contributed by atoms with E-state index in [9.17, 15) is 0 Å². The molecule has 2 heteroatoms. The van der Waals surface area contributed by atoms with Crippen LogP contribution in [0, 0.1) is 6.92 Å². The van der Waals surface area contributed by atoms with Gasteiger partial charge in [0.25, 0.3) is 0 Å².